The van der Waals surface area contributed by atoms with E-state index in [1.807, 2.05) is 11.6 Å². The van der Waals surface area contributed by atoms with Gasteiger partial charge in [-0.15, -0.1) is 11.8 Å². The molecule has 84 valence electrons. The van der Waals surface area contributed by atoms with Gasteiger partial charge in [-0.2, -0.15) is 5.10 Å². The number of nitrogens with zero attached hydrogens (tertiary/aromatic N) is 2. The van der Waals surface area contributed by atoms with Crippen LogP contribution in [0.5, 0.6) is 0 Å². The number of nitrogens with one attached hydrogen (secondary N) is 1. The molecule has 0 amide bonds. The fourth-order valence-corrected chi connectivity index (χ4v) is 2.32. The largest absolute Gasteiger partial charge is 0.307 e. The van der Waals surface area contributed by atoms with E-state index in [0.717, 1.165) is 11.6 Å². The highest BCUT2D eigenvalue weighted by Gasteiger charge is 2.02. The number of aromatic nitrogens is 3. The van der Waals surface area contributed by atoms with Crippen molar-refractivity contribution in [2.24, 2.45) is 7.05 Å². The van der Waals surface area contributed by atoms with Gasteiger partial charge in [0.05, 0.1) is 5.75 Å². The molecule has 1 aromatic heterocycles. The van der Waals surface area contributed by atoms with Crippen molar-refractivity contribution in [2.45, 2.75) is 17.6 Å². The number of hydrogen-bond donors (Lipinski definition) is 1. The van der Waals surface area contributed by atoms with Crippen molar-refractivity contribution >= 4 is 24.0 Å². The van der Waals surface area contributed by atoms with E-state index in [0.29, 0.717) is 4.77 Å². The third-order valence-corrected chi connectivity index (χ3v) is 3.73. The number of thioether (sulfide) groups is 1. The zero-order chi connectivity index (χ0) is 11.5. The van der Waals surface area contributed by atoms with Crippen molar-refractivity contribution < 1.29 is 0 Å². The number of H-pyrrole nitrogens is 1. The first kappa shape index (κ1) is 11.4. The topological polar surface area (TPSA) is 33.6 Å². The first-order chi connectivity index (χ1) is 7.66. The van der Waals surface area contributed by atoms with Gasteiger partial charge in [0.1, 0.15) is 5.82 Å². The molecule has 1 N–H and O–H groups in total. The summed E-state index contributed by atoms with van der Waals surface area (Å²) in [4.78, 5) is 1.25. The Labute approximate surface area is 104 Å². The summed E-state index contributed by atoms with van der Waals surface area (Å²) in [5.41, 5.74) is 1.28. The van der Waals surface area contributed by atoms with Crippen LogP contribution in [0.25, 0.3) is 0 Å². The van der Waals surface area contributed by atoms with Gasteiger partial charge in [-0.3, -0.25) is 5.10 Å². The average molecular weight is 251 g/mol. The summed E-state index contributed by atoms with van der Waals surface area (Å²) < 4.78 is 2.57. The first-order valence-electron chi connectivity index (χ1n) is 4.96. The van der Waals surface area contributed by atoms with Crippen LogP contribution in [0.15, 0.2) is 29.2 Å². The molecule has 16 heavy (non-hydrogen) atoms. The van der Waals surface area contributed by atoms with Gasteiger partial charge in [-0.05, 0) is 31.3 Å². The van der Waals surface area contributed by atoms with E-state index in [-0.39, 0.29) is 0 Å². The molecule has 0 radical (unpaired) electrons. The SMILES string of the molecule is Cc1ccc(SCc2n[nH]c(=S)n2C)cc1. The predicted molar refractivity (Wildman–Crippen MR) is 69.1 cm³/mol. The molecule has 0 atom stereocenters. The number of benzene rings is 1. The van der Waals surface area contributed by atoms with E-state index in [1.165, 1.54) is 10.5 Å². The van der Waals surface area contributed by atoms with Gasteiger partial charge >= 0.3 is 0 Å². The second-order valence-corrected chi connectivity index (χ2v) is 5.04. The third kappa shape index (κ3) is 2.54. The van der Waals surface area contributed by atoms with Crippen LogP contribution < -0.4 is 0 Å². The molecule has 3 nitrogen and oxygen atoms in total. The molecule has 0 aliphatic rings. The van der Waals surface area contributed by atoms with Crippen LogP contribution in [0.2, 0.25) is 0 Å². The van der Waals surface area contributed by atoms with Crippen molar-refractivity contribution in [2.75, 3.05) is 0 Å². The van der Waals surface area contributed by atoms with Crippen LogP contribution in [0.4, 0.5) is 0 Å². The maximum atomic E-state index is 5.06. The molecule has 0 aliphatic heterocycles. The van der Waals surface area contributed by atoms with Gasteiger partial charge < -0.3 is 4.57 Å². The summed E-state index contributed by atoms with van der Waals surface area (Å²) >= 11 is 6.82. The molecule has 2 aromatic rings. The van der Waals surface area contributed by atoms with E-state index in [1.54, 1.807) is 11.8 Å². The second kappa shape index (κ2) is 4.84. The number of aromatic amines is 1. The number of rotatable bonds is 3. The van der Waals surface area contributed by atoms with E-state index in [9.17, 15) is 0 Å². The number of hydrogen-bond acceptors (Lipinski definition) is 3. The third-order valence-electron chi connectivity index (χ3n) is 2.36. The molecule has 5 heteroatoms. The molecule has 0 saturated heterocycles. The zero-order valence-electron chi connectivity index (χ0n) is 9.23. The average Bonchev–Trinajstić information content (AvgIpc) is 2.60. The molecule has 1 heterocycles. The summed E-state index contributed by atoms with van der Waals surface area (Å²) in [7, 11) is 1.93. The quantitative estimate of drug-likeness (QED) is 0.672. The van der Waals surface area contributed by atoms with E-state index < -0.39 is 0 Å². The molecule has 2 rings (SSSR count). The standard InChI is InChI=1S/C11H13N3S2/c1-8-3-5-9(6-4-8)16-7-10-12-13-11(15)14(10)2/h3-6H,7H2,1-2H3,(H,13,15). The van der Waals surface area contributed by atoms with Crippen LogP contribution in [-0.2, 0) is 12.8 Å². The van der Waals surface area contributed by atoms with E-state index in [2.05, 4.69) is 41.4 Å². The predicted octanol–water partition coefficient (Wildman–Crippen LogP) is 3.08. The summed E-state index contributed by atoms with van der Waals surface area (Å²) in [6.07, 6.45) is 0. The monoisotopic (exact) mass is 251 g/mol. The summed E-state index contributed by atoms with van der Waals surface area (Å²) in [6.45, 7) is 2.09. The maximum Gasteiger partial charge on any atom is 0.194 e. The van der Waals surface area contributed by atoms with Gasteiger partial charge in [0.25, 0.3) is 0 Å². The highest BCUT2D eigenvalue weighted by atomic mass is 32.2. The van der Waals surface area contributed by atoms with E-state index in [4.69, 9.17) is 12.2 Å². The Balaban J connectivity index is 2.05. The van der Waals surface area contributed by atoms with Crippen molar-refractivity contribution in [3.05, 3.63) is 40.4 Å². The van der Waals surface area contributed by atoms with Crippen LogP contribution >= 0.6 is 24.0 Å². The molecular weight excluding hydrogens is 238 g/mol. The van der Waals surface area contributed by atoms with Crippen LogP contribution in [0.1, 0.15) is 11.4 Å². The second-order valence-electron chi connectivity index (χ2n) is 3.61. The smallest absolute Gasteiger partial charge is 0.194 e. The Kier molecular flexibility index (Phi) is 3.46. The minimum absolute atomic E-state index is 0.666. The van der Waals surface area contributed by atoms with E-state index >= 15 is 0 Å². The molecule has 0 saturated carbocycles. The molecule has 0 fully saturated rings. The van der Waals surface area contributed by atoms with Crippen molar-refractivity contribution in [3.8, 4) is 0 Å². The molecule has 0 aliphatic carbocycles. The Bertz CT molecular complexity index is 525. The fraction of sp³-hybridized carbons (Fsp3) is 0.273. The van der Waals surface area contributed by atoms with Gasteiger partial charge in [-0.1, -0.05) is 17.7 Å². The Hall–Kier alpha value is -1.07. The van der Waals surface area contributed by atoms with Crippen molar-refractivity contribution in [3.63, 3.8) is 0 Å². The Morgan fingerprint density at radius 3 is 2.62 bits per heavy atom. The first-order valence-corrected chi connectivity index (χ1v) is 6.36. The van der Waals surface area contributed by atoms with Crippen LogP contribution in [0, 0.1) is 11.7 Å². The summed E-state index contributed by atoms with van der Waals surface area (Å²) in [6, 6.07) is 8.49. The lowest BCUT2D eigenvalue weighted by atomic mass is 10.2. The zero-order valence-corrected chi connectivity index (χ0v) is 10.9. The van der Waals surface area contributed by atoms with Crippen molar-refractivity contribution in [1.29, 1.82) is 0 Å². The fourth-order valence-electron chi connectivity index (χ4n) is 1.29. The van der Waals surface area contributed by atoms with Gasteiger partial charge in [-0.25, -0.2) is 0 Å². The normalized spacial score (nSPS) is 10.6. The Morgan fingerprint density at radius 1 is 1.38 bits per heavy atom. The van der Waals surface area contributed by atoms with Crippen molar-refractivity contribution in [1.82, 2.24) is 14.8 Å². The molecule has 0 spiro atoms. The highest BCUT2D eigenvalue weighted by molar-refractivity contribution is 7.98. The maximum absolute atomic E-state index is 5.06. The van der Waals surface area contributed by atoms with Crippen LogP contribution in [-0.4, -0.2) is 14.8 Å². The van der Waals surface area contributed by atoms with Gasteiger partial charge in [0.2, 0.25) is 0 Å². The number of aryl methyl sites for hydroxylation is 1. The molecule has 1 aromatic carbocycles. The lowest BCUT2D eigenvalue weighted by Crippen LogP contribution is -1.95. The molecule has 0 bridgehead atoms. The summed E-state index contributed by atoms with van der Waals surface area (Å²) in [5, 5.41) is 6.96. The Morgan fingerprint density at radius 2 is 2.06 bits per heavy atom. The highest BCUT2D eigenvalue weighted by Crippen LogP contribution is 2.21. The van der Waals surface area contributed by atoms with Crippen LogP contribution in [0.3, 0.4) is 0 Å². The summed E-state index contributed by atoms with van der Waals surface area (Å²) in [5.74, 6) is 1.79. The van der Waals surface area contributed by atoms with Gasteiger partial charge in [0, 0.05) is 11.9 Å². The lowest BCUT2D eigenvalue weighted by molar-refractivity contribution is 0.839. The minimum atomic E-state index is 0.666. The molecule has 0 unspecified atom stereocenters. The van der Waals surface area contributed by atoms with Gasteiger partial charge in [0.15, 0.2) is 4.77 Å². The lowest BCUT2D eigenvalue weighted by Gasteiger charge is -2.01. The molecular formula is C11H13N3S2. The minimum Gasteiger partial charge on any atom is -0.307 e.